The first kappa shape index (κ1) is 18.2. The molecule has 4 rings (SSSR count). The fourth-order valence-corrected chi connectivity index (χ4v) is 4.02. The van der Waals surface area contributed by atoms with Crippen LogP contribution in [0.3, 0.4) is 0 Å². The second-order valence-corrected chi connectivity index (χ2v) is 7.32. The Kier molecular flexibility index (Phi) is 5.11. The third-order valence-electron chi connectivity index (χ3n) is 5.42. The highest BCUT2D eigenvalue weighted by Crippen LogP contribution is 2.22. The summed E-state index contributed by atoms with van der Waals surface area (Å²) in [6.07, 6.45) is 4.20. The molecule has 0 atom stereocenters. The van der Waals surface area contributed by atoms with Crippen LogP contribution >= 0.6 is 0 Å². The predicted molar refractivity (Wildman–Crippen MR) is 113 cm³/mol. The Morgan fingerprint density at radius 3 is 2.50 bits per heavy atom. The minimum atomic E-state index is -0.162. The van der Waals surface area contributed by atoms with Crippen LogP contribution in [0.5, 0.6) is 0 Å². The quantitative estimate of drug-likeness (QED) is 0.514. The summed E-state index contributed by atoms with van der Waals surface area (Å²) in [5.74, 6) is -0.162. The lowest BCUT2D eigenvalue weighted by atomic mass is 10.0. The fraction of sp³-hybridized carbons (Fsp3) is 0.250. The van der Waals surface area contributed by atoms with Crippen molar-refractivity contribution < 1.29 is 4.79 Å². The minimum Gasteiger partial charge on any atom is -0.318 e. The van der Waals surface area contributed by atoms with Gasteiger partial charge < -0.3 is 4.57 Å². The predicted octanol–water partition coefficient (Wildman–Crippen LogP) is 4.95. The molecule has 0 fully saturated rings. The third kappa shape index (κ3) is 3.50. The highest BCUT2D eigenvalue weighted by molar-refractivity contribution is 6.03. The van der Waals surface area contributed by atoms with Crippen LogP contribution in [0, 0.1) is 13.8 Å². The number of hydrogen-bond acceptors (Lipinski definition) is 2. The molecule has 0 radical (unpaired) electrons. The van der Waals surface area contributed by atoms with E-state index in [1.54, 1.807) is 0 Å². The molecule has 0 unspecified atom stereocenters. The zero-order chi connectivity index (χ0) is 19.5. The maximum absolute atomic E-state index is 12.9. The molecule has 2 aromatic carbocycles. The molecule has 1 aliphatic rings. The molecule has 28 heavy (non-hydrogen) atoms. The van der Waals surface area contributed by atoms with Crippen molar-refractivity contribution in [2.45, 2.75) is 39.5 Å². The molecule has 0 aliphatic heterocycles. The molecule has 0 saturated heterocycles. The van der Waals surface area contributed by atoms with Gasteiger partial charge in [-0.05, 0) is 63.3 Å². The number of fused-ring (bicyclic) bond motifs is 1. The SMILES string of the molecule is Cc1cc(C(=O)NN=C2CCCCc3ccccc32)c(C)n1-c1ccccc1. The van der Waals surface area contributed by atoms with Crippen molar-refractivity contribution >= 4 is 11.6 Å². The smallest absolute Gasteiger partial charge is 0.273 e. The first-order valence-electron chi connectivity index (χ1n) is 9.84. The normalized spacial score (nSPS) is 15.1. The highest BCUT2D eigenvalue weighted by atomic mass is 16.2. The van der Waals surface area contributed by atoms with Gasteiger partial charge in [-0.2, -0.15) is 5.10 Å². The molecule has 3 aromatic rings. The zero-order valence-corrected chi connectivity index (χ0v) is 16.4. The van der Waals surface area contributed by atoms with E-state index in [1.165, 1.54) is 5.56 Å². The van der Waals surface area contributed by atoms with Crippen molar-refractivity contribution in [3.8, 4) is 5.69 Å². The summed E-state index contributed by atoms with van der Waals surface area (Å²) in [7, 11) is 0. The van der Waals surface area contributed by atoms with Crippen LogP contribution in [-0.4, -0.2) is 16.2 Å². The highest BCUT2D eigenvalue weighted by Gasteiger charge is 2.18. The van der Waals surface area contributed by atoms with Gasteiger partial charge in [0.2, 0.25) is 0 Å². The molecule has 1 N–H and O–H groups in total. The number of benzene rings is 2. The first-order valence-corrected chi connectivity index (χ1v) is 9.84. The van der Waals surface area contributed by atoms with Gasteiger partial charge in [-0.1, -0.05) is 42.5 Å². The van der Waals surface area contributed by atoms with E-state index in [9.17, 15) is 4.79 Å². The van der Waals surface area contributed by atoms with E-state index in [1.807, 2.05) is 56.3 Å². The summed E-state index contributed by atoms with van der Waals surface area (Å²) in [6.45, 7) is 3.99. The molecular formula is C24H25N3O. The molecule has 4 heteroatoms. The van der Waals surface area contributed by atoms with Gasteiger partial charge in [-0.3, -0.25) is 4.79 Å². The Morgan fingerprint density at radius 1 is 0.964 bits per heavy atom. The topological polar surface area (TPSA) is 46.4 Å². The van der Waals surface area contributed by atoms with Crippen LogP contribution in [0.4, 0.5) is 0 Å². The minimum absolute atomic E-state index is 0.162. The van der Waals surface area contributed by atoms with Crippen LogP contribution in [-0.2, 0) is 6.42 Å². The number of carbonyl (C=O) groups excluding carboxylic acids is 1. The number of aryl methyl sites for hydroxylation is 2. The van der Waals surface area contributed by atoms with Crippen molar-refractivity contribution in [1.29, 1.82) is 0 Å². The van der Waals surface area contributed by atoms with E-state index in [2.05, 4.69) is 33.3 Å². The molecule has 0 spiro atoms. The summed E-state index contributed by atoms with van der Waals surface area (Å²) in [6, 6.07) is 20.4. The number of carbonyl (C=O) groups is 1. The lowest BCUT2D eigenvalue weighted by molar-refractivity contribution is 0.0954. The second kappa shape index (κ2) is 7.85. The van der Waals surface area contributed by atoms with Gasteiger partial charge >= 0.3 is 0 Å². The van der Waals surface area contributed by atoms with Crippen molar-refractivity contribution in [2.75, 3.05) is 0 Å². The first-order chi connectivity index (χ1) is 13.6. The third-order valence-corrected chi connectivity index (χ3v) is 5.42. The van der Waals surface area contributed by atoms with Crippen LogP contribution in [0.1, 0.15) is 52.1 Å². The van der Waals surface area contributed by atoms with Crippen molar-refractivity contribution in [3.63, 3.8) is 0 Å². The standard InChI is InChI=1S/C24H25N3O/c1-17-16-22(18(2)27(17)20-12-4-3-5-13-20)24(28)26-25-23-15-9-7-11-19-10-6-8-14-21(19)23/h3-6,8,10,12-14,16H,7,9,11,15H2,1-2H3,(H,26,28). The van der Waals surface area contributed by atoms with Crippen molar-refractivity contribution in [1.82, 2.24) is 9.99 Å². The summed E-state index contributed by atoms with van der Waals surface area (Å²) in [4.78, 5) is 12.9. The number of nitrogens with one attached hydrogen (secondary N) is 1. The maximum Gasteiger partial charge on any atom is 0.273 e. The van der Waals surface area contributed by atoms with E-state index in [0.717, 1.165) is 54.0 Å². The lowest BCUT2D eigenvalue weighted by Gasteiger charge is -2.10. The number of aromatic nitrogens is 1. The zero-order valence-electron chi connectivity index (χ0n) is 16.4. The van der Waals surface area contributed by atoms with Crippen LogP contribution in [0.15, 0.2) is 65.8 Å². The molecule has 0 bridgehead atoms. The van der Waals surface area contributed by atoms with Gasteiger partial charge in [-0.15, -0.1) is 0 Å². The van der Waals surface area contributed by atoms with Crippen molar-refractivity contribution in [2.24, 2.45) is 5.10 Å². The number of rotatable bonds is 3. The van der Waals surface area contributed by atoms with E-state index in [0.29, 0.717) is 5.56 Å². The number of hydrogen-bond donors (Lipinski definition) is 1. The van der Waals surface area contributed by atoms with Gasteiger partial charge in [0, 0.05) is 22.6 Å². The molecule has 1 amide bonds. The lowest BCUT2D eigenvalue weighted by Crippen LogP contribution is -2.21. The second-order valence-electron chi connectivity index (χ2n) is 7.32. The molecule has 142 valence electrons. The molecular weight excluding hydrogens is 346 g/mol. The Balaban J connectivity index is 1.61. The number of nitrogens with zero attached hydrogens (tertiary/aromatic N) is 2. The van der Waals surface area contributed by atoms with Crippen LogP contribution in [0.2, 0.25) is 0 Å². The summed E-state index contributed by atoms with van der Waals surface area (Å²) >= 11 is 0. The Hall–Kier alpha value is -3.14. The Labute approximate surface area is 165 Å². The summed E-state index contributed by atoms with van der Waals surface area (Å²) in [5.41, 5.74) is 9.92. The Bertz CT molecular complexity index is 1030. The molecule has 1 aliphatic carbocycles. The van der Waals surface area contributed by atoms with Crippen LogP contribution < -0.4 is 5.43 Å². The number of hydrazone groups is 1. The van der Waals surface area contributed by atoms with Crippen LogP contribution in [0.25, 0.3) is 5.69 Å². The van der Waals surface area contributed by atoms with Gasteiger partial charge in [0.05, 0.1) is 11.3 Å². The van der Waals surface area contributed by atoms with Gasteiger partial charge in [0.1, 0.15) is 0 Å². The maximum atomic E-state index is 12.9. The molecule has 4 nitrogen and oxygen atoms in total. The average Bonchev–Trinajstić information content (AvgIpc) is 2.89. The summed E-state index contributed by atoms with van der Waals surface area (Å²) in [5, 5.41) is 4.52. The fourth-order valence-electron chi connectivity index (χ4n) is 4.02. The van der Waals surface area contributed by atoms with Gasteiger partial charge in [0.25, 0.3) is 5.91 Å². The van der Waals surface area contributed by atoms with Crippen molar-refractivity contribution in [3.05, 3.63) is 88.7 Å². The number of amides is 1. The van der Waals surface area contributed by atoms with Gasteiger partial charge in [-0.25, -0.2) is 5.43 Å². The largest absolute Gasteiger partial charge is 0.318 e. The van der Waals surface area contributed by atoms with E-state index < -0.39 is 0 Å². The number of para-hydroxylation sites is 1. The molecule has 1 heterocycles. The van der Waals surface area contributed by atoms with E-state index in [-0.39, 0.29) is 5.91 Å². The molecule has 1 aromatic heterocycles. The van der Waals surface area contributed by atoms with E-state index in [4.69, 9.17) is 0 Å². The molecule has 0 saturated carbocycles. The summed E-state index contributed by atoms with van der Waals surface area (Å²) < 4.78 is 2.10. The average molecular weight is 371 g/mol. The van der Waals surface area contributed by atoms with E-state index >= 15 is 0 Å². The Morgan fingerprint density at radius 2 is 1.68 bits per heavy atom. The van der Waals surface area contributed by atoms with Gasteiger partial charge in [0.15, 0.2) is 0 Å². The monoisotopic (exact) mass is 371 g/mol.